The number of allylic oxidation sites excluding steroid dienone is 2. The molecule has 0 spiro atoms. The summed E-state index contributed by atoms with van der Waals surface area (Å²) in [6, 6.07) is 0. The largest absolute Gasteiger partial charge is 0.299 e. The first-order valence-electron chi connectivity index (χ1n) is 3.99. The van der Waals surface area contributed by atoms with Crippen molar-refractivity contribution in [3.63, 3.8) is 0 Å². The molecule has 0 aliphatic heterocycles. The minimum Gasteiger partial charge on any atom is -0.299 e. The molecule has 0 bridgehead atoms. The Bertz CT molecular complexity index is 147. The standard InChI is InChI=1S/C9H14O/c1-8-4-2-3-5-9(8)6-7-10/h6-8H,2-5H2,1H3/b9-6-/t8-/m0/s1. The van der Waals surface area contributed by atoms with Crippen LogP contribution in [0, 0.1) is 5.92 Å². The molecule has 0 unspecified atom stereocenters. The summed E-state index contributed by atoms with van der Waals surface area (Å²) < 4.78 is 0. The summed E-state index contributed by atoms with van der Waals surface area (Å²) in [5.41, 5.74) is 1.35. The van der Waals surface area contributed by atoms with Crippen LogP contribution in [0.25, 0.3) is 0 Å². The molecule has 0 aromatic carbocycles. The van der Waals surface area contributed by atoms with Crippen LogP contribution in [0.4, 0.5) is 0 Å². The van der Waals surface area contributed by atoms with Crippen LogP contribution in [-0.4, -0.2) is 6.29 Å². The maximum Gasteiger partial charge on any atom is 0.142 e. The van der Waals surface area contributed by atoms with Crippen molar-refractivity contribution in [2.75, 3.05) is 0 Å². The second kappa shape index (κ2) is 3.55. The van der Waals surface area contributed by atoms with E-state index >= 15 is 0 Å². The van der Waals surface area contributed by atoms with E-state index in [9.17, 15) is 4.79 Å². The Hall–Kier alpha value is -0.590. The molecule has 1 saturated carbocycles. The molecule has 0 radical (unpaired) electrons. The van der Waals surface area contributed by atoms with Gasteiger partial charge < -0.3 is 0 Å². The van der Waals surface area contributed by atoms with Gasteiger partial charge in [0.05, 0.1) is 0 Å². The van der Waals surface area contributed by atoms with Crippen LogP contribution in [0.5, 0.6) is 0 Å². The van der Waals surface area contributed by atoms with Crippen LogP contribution < -0.4 is 0 Å². The highest BCUT2D eigenvalue weighted by Crippen LogP contribution is 2.27. The molecule has 1 nitrogen and oxygen atoms in total. The Morgan fingerprint density at radius 3 is 2.90 bits per heavy atom. The monoisotopic (exact) mass is 138 g/mol. The third kappa shape index (κ3) is 1.69. The number of hydrogen-bond donors (Lipinski definition) is 0. The first kappa shape index (κ1) is 7.52. The zero-order valence-corrected chi connectivity index (χ0v) is 6.47. The fourth-order valence-corrected chi connectivity index (χ4v) is 1.55. The van der Waals surface area contributed by atoms with Gasteiger partial charge in [-0.25, -0.2) is 0 Å². The van der Waals surface area contributed by atoms with Crippen molar-refractivity contribution in [2.45, 2.75) is 32.6 Å². The number of hydrogen-bond acceptors (Lipinski definition) is 1. The summed E-state index contributed by atoms with van der Waals surface area (Å²) in [6.45, 7) is 2.20. The molecule has 1 fully saturated rings. The van der Waals surface area contributed by atoms with Gasteiger partial charge in [0.2, 0.25) is 0 Å². The predicted molar refractivity (Wildman–Crippen MR) is 41.8 cm³/mol. The first-order valence-corrected chi connectivity index (χ1v) is 3.99. The van der Waals surface area contributed by atoms with Gasteiger partial charge in [-0.05, 0) is 31.3 Å². The van der Waals surface area contributed by atoms with Crippen LogP contribution >= 0.6 is 0 Å². The van der Waals surface area contributed by atoms with Crippen LogP contribution in [0.1, 0.15) is 32.6 Å². The molecule has 1 rings (SSSR count). The minimum atomic E-state index is 0.652. The van der Waals surface area contributed by atoms with Gasteiger partial charge in [0.1, 0.15) is 6.29 Å². The molecule has 0 N–H and O–H groups in total. The van der Waals surface area contributed by atoms with E-state index < -0.39 is 0 Å². The molecule has 56 valence electrons. The van der Waals surface area contributed by atoms with Gasteiger partial charge >= 0.3 is 0 Å². The molecule has 0 aromatic rings. The van der Waals surface area contributed by atoms with Gasteiger partial charge in [0.25, 0.3) is 0 Å². The summed E-state index contributed by atoms with van der Waals surface area (Å²) in [6.07, 6.45) is 7.65. The first-order chi connectivity index (χ1) is 4.84. The second-order valence-corrected chi connectivity index (χ2v) is 3.02. The maximum atomic E-state index is 10.1. The normalized spacial score (nSPS) is 30.5. The Morgan fingerprint density at radius 1 is 1.50 bits per heavy atom. The van der Waals surface area contributed by atoms with E-state index in [0.717, 1.165) is 12.7 Å². The lowest BCUT2D eigenvalue weighted by molar-refractivity contribution is -0.104. The Labute approximate surface area is 62.1 Å². The van der Waals surface area contributed by atoms with E-state index in [4.69, 9.17) is 0 Å². The van der Waals surface area contributed by atoms with Crippen LogP contribution in [0.3, 0.4) is 0 Å². The second-order valence-electron chi connectivity index (χ2n) is 3.02. The number of carbonyl (C=O) groups is 1. The van der Waals surface area contributed by atoms with Crippen molar-refractivity contribution >= 4 is 6.29 Å². The van der Waals surface area contributed by atoms with Crippen molar-refractivity contribution in [3.8, 4) is 0 Å². The highest BCUT2D eigenvalue weighted by atomic mass is 16.1. The lowest BCUT2D eigenvalue weighted by atomic mass is 9.85. The molecule has 0 amide bonds. The SMILES string of the molecule is C[C@H]1CCCC/C1=C/C=O. The van der Waals surface area contributed by atoms with Gasteiger partial charge in [-0.2, -0.15) is 0 Å². The van der Waals surface area contributed by atoms with Gasteiger partial charge in [0, 0.05) is 0 Å². The third-order valence-electron chi connectivity index (χ3n) is 2.27. The van der Waals surface area contributed by atoms with E-state index in [-0.39, 0.29) is 0 Å². The van der Waals surface area contributed by atoms with Crippen molar-refractivity contribution < 1.29 is 4.79 Å². The molecule has 0 heterocycles. The van der Waals surface area contributed by atoms with Crippen molar-refractivity contribution in [2.24, 2.45) is 5.92 Å². The summed E-state index contributed by atoms with van der Waals surface area (Å²) in [5.74, 6) is 0.652. The molecular formula is C9H14O. The summed E-state index contributed by atoms with van der Waals surface area (Å²) >= 11 is 0. The smallest absolute Gasteiger partial charge is 0.142 e. The molecule has 10 heavy (non-hydrogen) atoms. The number of rotatable bonds is 1. The highest BCUT2D eigenvalue weighted by molar-refractivity contribution is 5.66. The fourth-order valence-electron chi connectivity index (χ4n) is 1.55. The lowest BCUT2D eigenvalue weighted by Gasteiger charge is -2.20. The van der Waals surface area contributed by atoms with Crippen LogP contribution in [0.2, 0.25) is 0 Å². The average molecular weight is 138 g/mol. The van der Waals surface area contributed by atoms with Crippen molar-refractivity contribution in [1.82, 2.24) is 0 Å². The molecule has 1 aliphatic rings. The van der Waals surface area contributed by atoms with Crippen LogP contribution in [0.15, 0.2) is 11.6 Å². The van der Waals surface area contributed by atoms with E-state index in [2.05, 4.69) is 6.92 Å². The summed E-state index contributed by atoms with van der Waals surface area (Å²) in [7, 11) is 0. The van der Waals surface area contributed by atoms with Gasteiger partial charge in [-0.15, -0.1) is 0 Å². The molecule has 1 atom stereocenters. The summed E-state index contributed by atoms with van der Waals surface area (Å²) in [4.78, 5) is 10.1. The summed E-state index contributed by atoms with van der Waals surface area (Å²) in [5, 5.41) is 0. The zero-order chi connectivity index (χ0) is 7.40. The molecular weight excluding hydrogens is 124 g/mol. The van der Waals surface area contributed by atoms with Crippen LogP contribution in [-0.2, 0) is 4.79 Å². The fraction of sp³-hybridized carbons (Fsp3) is 0.667. The number of aldehydes is 1. The Kier molecular flexibility index (Phi) is 2.67. The lowest BCUT2D eigenvalue weighted by Crippen LogP contribution is -2.05. The average Bonchev–Trinajstić information content (AvgIpc) is 1.94. The molecule has 1 heteroatoms. The maximum absolute atomic E-state index is 10.1. The van der Waals surface area contributed by atoms with E-state index in [1.807, 2.05) is 0 Å². The van der Waals surface area contributed by atoms with E-state index in [0.29, 0.717) is 5.92 Å². The molecule has 1 aliphatic carbocycles. The highest BCUT2D eigenvalue weighted by Gasteiger charge is 2.12. The Balaban J connectivity index is 2.55. The van der Waals surface area contributed by atoms with E-state index in [1.165, 1.54) is 24.8 Å². The van der Waals surface area contributed by atoms with Gasteiger partial charge in [0.15, 0.2) is 0 Å². The minimum absolute atomic E-state index is 0.652. The quantitative estimate of drug-likeness (QED) is 0.401. The third-order valence-corrected chi connectivity index (χ3v) is 2.27. The van der Waals surface area contributed by atoms with Gasteiger partial charge in [-0.3, -0.25) is 4.79 Å². The van der Waals surface area contributed by atoms with E-state index in [1.54, 1.807) is 6.08 Å². The molecule has 0 saturated heterocycles. The molecule has 0 aromatic heterocycles. The zero-order valence-electron chi connectivity index (χ0n) is 6.47. The topological polar surface area (TPSA) is 17.1 Å². The van der Waals surface area contributed by atoms with Gasteiger partial charge in [-0.1, -0.05) is 18.9 Å². The van der Waals surface area contributed by atoms with Crippen molar-refractivity contribution in [3.05, 3.63) is 11.6 Å². The Morgan fingerprint density at radius 2 is 2.30 bits per heavy atom. The number of carbonyl (C=O) groups excluding carboxylic acids is 1. The predicted octanol–water partition coefficient (Wildman–Crippen LogP) is 2.32. The van der Waals surface area contributed by atoms with Crippen molar-refractivity contribution in [1.29, 1.82) is 0 Å².